The number of amidine groups is 1. The van der Waals surface area contributed by atoms with E-state index < -0.39 is 0 Å². The van der Waals surface area contributed by atoms with E-state index in [1.807, 2.05) is 19.0 Å². The number of thioether (sulfide) groups is 1. The van der Waals surface area contributed by atoms with Crippen molar-refractivity contribution in [2.24, 2.45) is 16.1 Å². The van der Waals surface area contributed by atoms with E-state index in [0.717, 1.165) is 10.9 Å². The summed E-state index contributed by atoms with van der Waals surface area (Å²) in [4.78, 5) is 1.99. The molecule has 0 aromatic carbocycles. The standard InChI is InChI=1S/C8H15N3S/c1-6(2)7-5-12-8(10-9-7)11(3)4/h6H,5H2,1-4H3. The van der Waals surface area contributed by atoms with Crippen molar-refractivity contribution >= 4 is 22.6 Å². The van der Waals surface area contributed by atoms with E-state index in [0.29, 0.717) is 5.92 Å². The van der Waals surface area contributed by atoms with Gasteiger partial charge in [0.05, 0.1) is 5.71 Å². The topological polar surface area (TPSA) is 28.0 Å². The fraction of sp³-hybridized carbons (Fsp3) is 0.750. The van der Waals surface area contributed by atoms with Crippen LogP contribution in [0.25, 0.3) is 0 Å². The summed E-state index contributed by atoms with van der Waals surface area (Å²) in [7, 11) is 3.98. The quantitative estimate of drug-likeness (QED) is 0.621. The molecule has 1 heterocycles. The summed E-state index contributed by atoms with van der Waals surface area (Å²) in [6.45, 7) is 4.30. The van der Waals surface area contributed by atoms with Crippen molar-refractivity contribution in [3.05, 3.63) is 0 Å². The van der Waals surface area contributed by atoms with Crippen molar-refractivity contribution in [3.63, 3.8) is 0 Å². The molecule has 0 fully saturated rings. The third-order valence-electron chi connectivity index (χ3n) is 1.66. The zero-order valence-electron chi connectivity index (χ0n) is 8.03. The fourth-order valence-corrected chi connectivity index (χ4v) is 1.83. The summed E-state index contributed by atoms with van der Waals surface area (Å²) >= 11 is 1.75. The molecule has 0 amide bonds. The Kier molecular flexibility index (Phi) is 3.14. The molecule has 0 aromatic rings. The fourth-order valence-electron chi connectivity index (χ4n) is 0.804. The molecule has 0 N–H and O–H groups in total. The molecule has 0 unspecified atom stereocenters. The third kappa shape index (κ3) is 2.24. The van der Waals surface area contributed by atoms with Crippen LogP contribution in [0, 0.1) is 5.92 Å². The minimum absolute atomic E-state index is 0.518. The molecule has 0 spiro atoms. The Hall–Kier alpha value is -0.510. The monoisotopic (exact) mass is 185 g/mol. The van der Waals surface area contributed by atoms with Crippen LogP contribution < -0.4 is 0 Å². The predicted octanol–water partition coefficient (Wildman–Crippen LogP) is 1.66. The summed E-state index contributed by atoms with van der Waals surface area (Å²) in [5, 5.41) is 9.30. The van der Waals surface area contributed by atoms with E-state index in [1.165, 1.54) is 5.71 Å². The third-order valence-corrected chi connectivity index (χ3v) is 2.81. The van der Waals surface area contributed by atoms with Gasteiger partial charge in [-0.25, -0.2) is 0 Å². The highest BCUT2D eigenvalue weighted by molar-refractivity contribution is 8.14. The van der Waals surface area contributed by atoms with Gasteiger partial charge in [-0.15, -0.1) is 5.10 Å². The van der Waals surface area contributed by atoms with Crippen molar-refractivity contribution in [2.75, 3.05) is 19.8 Å². The molecule has 0 atom stereocenters. The Morgan fingerprint density at radius 3 is 2.33 bits per heavy atom. The number of hydrogen-bond donors (Lipinski definition) is 0. The molecule has 68 valence electrons. The second-order valence-corrected chi connectivity index (χ2v) is 4.25. The minimum Gasteiger partial charge on any atom is -0.356 e. The zero-order valence-corrected chi connectivity index (χ0v) is 8.85. The summed E-state index contributed by atoms with van der Waals surface area (Å²) < 4.78 is 0. The first kappa shape index (κ1) is 9.58. The Balaban J connectivity index is 2.66. The van der Waals surface area contributed by atoms with Crippen LogP contribution in [0.2, 0.25) is 0 Å². The molecule has 1 rings (SSSR count). The molecule has 0 bridgehead atoms. The molecule has 4 heteroatoms. The Bertz CT molecular complexity index is 194. The van der Waals surface area contributed by atoms with E-state index in [1.54, 1.807) is 11.8 Å². The van der Waals surface area contributed by atoms with E-state index in [2.05, 4.69) is 24.1 Å². The average Bonchev–Trinajstić information content (AvgIpc) is 2.04. The van der Waals surface area contributed by atoms with Crippen LogP contribution in [-0.4, -0.2) is 35.6 Å². The first-order valence-corrected chi connectivity index (χ1v) is 5.04. The van der Waals surface area contributed by atoms with Gasteiger partial charge in [0.15, 0.2) is 5.17 Å². The molecule has 0 aliphatic carbocycles. The highest BCUT2D eigenvalue weighted by Crippen LogP contribution is 2.15. The number of rotatable bonds is 1. The highest BCUT2D eigenvalue weighted by Gasteiger charge is 2.13. The van der Waals surface area contributed by atoms with Gasteiger partial charge in [0.25, 0.3) is 0 Å². The summed E-state index contributed by atoms with van der Waals surface area (Å²) in [5.74, 6) is 1.50. The molecule has 1 aliphatic heterocycles. The Morgan fingerprint density at radius 1 is 1.33 bits per heavy atom. The molecular weight excluding hydrogens is 170 g/mol. The lowest BCUT2D eigenvalue weighted by Gasteiger charge is -2.18. The number of nitrogens with zero attached hydrogens (tertiary/aromatic N) is 3. The van der Waals surface area contributed by atoms with Crippen LogP contribution in [-0.2, 0) is 0 Å². The smallest absolute Gasteiger partial charge is 0.185 e. The van der Waals surface area contributed by atoms with Crippen molar-refractivity contribution < 1.29 is 0 Å². The van der Waals surface area contributed by atoms with E-state index in [9.17, 15) is 0 Å². The lowest BCUT2D eigenvalue weighted by molar-refractivity contribution is 0.632. The number of hydrogen-bond acceptors (Lipinski definition) is 4. The van der Waals surface area contributed by atoms with Gasteiger partial charge in [0, 0.05) is 19.8 Å². The maximum atomic E-state index is 4.17. The summed E-state index contributed by atoms with van der Waals surface area (Å²) in [5.41, 5.74) is 1.19. The maximum absolute atomic E-state index is 4.17. The first-order valence-electron chi connectivity index (χ1n) is 4.05. The highest BCUT2D eigenvalue weighted by atomic mass is 32.2. The lowest BCUT2D eigenvalue weighted by atomic mass is 10.1. The predicted molar refractivity (Wildman–Crippen MR) is 55.9 cm³/mol. The van der Waals surface area contributed by atoms with Gasteiger partial charge in [0.1, 0.15) is 0 Å². The van der Waals surface area contributed by atoms with Gasteiger partial charge in [0.2, 0.25) is 0 Å². The van der Waals surface area contributed by atoms with Crippen LogP contribution in [0.1, 0.15) is 13.8 Å². The minimum atomic E-state index is 0.518. The van der Waals surface area contributed by atoms with E-state index >= 15 is 0 Å². The van der Waals surface area contributed by atoms with Crippen molar-refractivity contribution in [2.45, 2.75) is 13.8 Å². The normalized spacial score (nSPS) is 17.4. The van der Waals surface area contributed by atoms with Gasteiger partial charge in [-0.3, -0.25) is 0 Å². The van der Waals surface area contributed by atoms with Crippen LogP contribution in [0.4, 0.5) is 0 Å². The van der Waals surface area contributed by atoms with Crippen molar-refractivity contribution in [3.8, 4) is 0 Å². The second-order valence-electron chi connectivity index (χ2n) is 3.31. The average molecular weight is 185 g/mol. The molecule has 1 aliphatic rings. The van der Waals surface area contributed by atoms with Gasteiger partial charge in [-0.1, -0.05) is 25.6 Å². The van der Waals surface area contributed by atoms with Gasteiger partial charge in [-0.05, 0) is 5.92 Å². The summed E-state index contributed by atoms with van der Waals surface area (Å²) in [6, 6.07) is 0. The van der Waals surface area contributed by atoms with Crippen LogP contribution in [0.15, 0.2) is 10.2 Å². The largest absolute Gasteiger partial charge is 0.356 e. The molecule has 12 heavy (non-hydrogen) atoms. The molecule has 0 radical (unpaired) electrons. The van der Waals surface area contributed by atoms with E-state index in [4.69, 9.17) is 0 Å². The Morgan fingerprint density at radius 2 is 2.00 bits per heavy atom. The summed E-state index contributed by atoms with van der Waals surface area (Å²) in [6.07, 6.45) is 0. The molecule has 0 aromatic heterocycles. The van der Waals surface area contributed by atoms with Gasteiger partial charge in [-0.2, -0.15) is 5.10 Å². The van der Waals surface area contributed by atoms with Crippen molar-refractivity contribution in [1.82, 2.24) is 4.90 Å². The van der Waals surface area contributed by atoms with Crippen molar-refractivity contribution in [1.29, 1.82) is 0 Å². The lowest BCUT2D eigenvalue weighted by Crippen LogP contribution is -2.24. The zero-order chi connectivity index (χ0) is 9.14. The SMILES string of the molecule is CC(C)C1=NN=C(N(C)C)SC1. The van der Waals surface area contributed by atoms with Gasteiger partial charge >= 0.3 is 0 Å². The Labute approximate surface area is 77.9 Å². The van der Waals surface area contributed by atoms with Crippen LogP contribution in [0.5, 0.6) is 0 Å². The molecule has 3 nitrogen and oxygen atoms in total. The van der Waals surface area contributed by atoms with Crippen LogP contribution >= 0.6 is 11.8 Å². The second kappa shape index (κ2) is 3.94. The maximum Gasteiger partial charge on any atom is 0.185 e. The molecular formula is C8H15N3S. The van der Waals surface area contributed by atoms with Crippen LogP contribution in [0.3, 0.4) is 0 Å². The van der Waals surface area contributed by atoms with E-state index in [-0.39, 0.29) is 0 Å². The first-order chi connectivity index (χ1) is 5.61. The molecule has 0 saturated carbocycles. The molecule has 0 saturated heterocycles. The van der Waals surface area contributed by atoms with Gasteiger partial charge < -0.3 is 4.90 Å².